The Morgan fingerprint density at radius 3 is 2.50 bits per heavy atom. The lowest BCUT2D eigenvalue weighted by Gasteiger charge is -2.29. The van der Waals surface area contributed by atoms with E-state index in [1.165, 1.54) is 22.4 Å². The van der Waals surface area contributed by atoms with Gasteiger partial charge in [-0.3, -0.25) is 19.1 Å². The van der Waals surface area contributed by atoms with Crippen LogP contribution in [0.25, 0.3) is 0 Å². The van der Waals surface area contributed by atoms with E-state index in [2.05, 4.69) is 36.3 Å². The Balaban J connectivity index is 1.96. The maximum absolute atomic E-state index is 12.1. The first-order chi connectivity index (χ1) is 11.3. The van der Waals surface area contributed by atoms with Crippen molar-refractivity contribution in [2.75, 3.05) is 0 Å². The minimum absolute atomic E-state index is 0.0498. The van der Waals surface area contributed by atoms with Crippen LogP contribution < -0.4 is 16.6 Å². The van der Waals surface area contributed by atoms with Gasteiger partial charge in [-0.1, -0.05) is 44.2 Å². The van der Waals surface area contributed by atoms with Crippen LogP contribution in [0.1, 0.15) is 32.8 Å². The lowest BCUT2D eigenvalue weighted by molar-refractivity contribution is -0.122. The topological polar surface area (TPSA) is 84.0 Å². The van der Waals surface area contributed by atoms with Crippen molar-refractivity contribution in [3.8, 4) is 0 Å². The summed E-state index contributed by atoms with van der Waals surface area (Å²) in [6.45, 7) is 6.10. The molecule has 0 unspecified atom stereocenters. The van der Waals surface area contributed by atoms with Crippen molar-refractivity contribution in [2.24, 2.45) is 0 Å². The summed E-state index contributed by atoms with van der Waals surface area (Å²) in [6, 6.07) is 11.3. The zero-order chi connectivity index (χ0) is 17.7. The summed E-state index contributed by atoms with van der Waals surface area (Å²) in [5.41, 5.74) is 0.0653. The van der Waals surface area contributed by atoms with E-state index in [0.717, 1.165) is 6.42 Å². The van der Waals surface area contributed by atoms with Gasteiger partial charge in [0.15, 0.2) is 0 Å². The third-order valence-electron chi connectivity index (χ3n) is 3.99. The highest BCUT2D eigenvalue weighted by Gasteiger charge is 2.24. The molecule has 0 bridgehead atoms. The molecular formula is C18H23N3O3. The van der Waals surface area contributed by atoms with Gasteiger partial charge in [0.25, 0.3) is 5.56 Å². The van der Waals surface area contributed by atoms with Crippen molar-refractivity contribution < 1.29 is 4.79 Å². The molecule has 2 rings (SSSR count). The highest BCUT2D eigenvalue weighted by molar-refractivity contribution is 5.76. The van der Waals surface area contributed by atoms with Crippen molar-refractivity contribution >= 4 is 5.91 Å². The van der Waals surface area contributed by atoms with Crippen LogP contribution in [0.4, 0.5) is 0 Å². The molecule has 1 atom stereocenters. The largest absolute Gasteiger partial charge is 0.352 e. The normalized spacial score (nSPS) is 12.6. The number of nitrogens with zero attached hydrogens (tertiary/aromatic N) is 1. The zero-order valence-corrected chi connectivity index (χ0v) is 14.2. The predicted molar refractivity (Wildman–Crippen MR) is 93.0 cm³/mol. The number of aromatic amines is 1. The molecule has 0 saturated carbocycles. The molecule has 1 aromatic carbocycles. The molecule has 6 heteroatoms. The molecule has 0 aliphatic heterocycles. The van der Waals surface area contributed by atoms with Gasteiger partial charge < -0.3 is 5.32 Å². The molecule has 0 aliphatic rings. The van der Waals surface area contributed by atoms with E-state index in [4.69, 9.17) is 0 Å². The predicted octanol–water partition coefficient (Wildman–Crippen LogP) is 1.41. The molecule has 0 saturated heterocycles. The maximum Gasteiger partial charge on any atom is 0.328 e. The van der Waals surface area contributed by atoms with E-state index in [1.54, 1.807) is 0 Å². The fraction of sp³-hybridized carbons (Fsp3) is 0.389. The number of hydrogen-bond acceptors (Lipinski definition) is 3. The summed E-state index contributed by atoms with van der Waals surface area (Å²) in [5.74, 6) is -0.263. The van der Waals surface area contributed by atoms with Gasteiger partial charge in [0, 0.05) is 18.3 Å². The van der Waals surface area contributed by atoms with Gasteiger partial charge in [-0.25, -0.2) is 4.79 Å². The first kappa shape index (κ1) is 17.7. The van der Waals surface area contributed by atoms with Crippen LogP contribution in [0.15, 0.2) is 52.2 Å². The van der Waals surface area contributed by atoms with Crippen molar-refractivity contribution in [1.82, 2.24) is 14.9 Å². The Labute approximate surface area is 140 Å². The highest BCUT2D eigenvalue weighted by Crippen LogP contribution is 2.28. The minimum atomic E-state index is -0.588. The monoisotopic (exact) mass is 329 g/mol. The Bertz CT molecular complexity index is 806. The number of nitrogens with one attached hydrogen (secondary N) is 2. The first-order valence-corrected chi connectivity index (χ1v) is 7.92. The molecule has 6 nitrogen and oxygen atoms in total. The molecular weight excluding hydrogens is 306 g/mol. The third-order valence-corrected chi connectivity index (χ3v) is 3.99. The van der Waals surface area contributed by atoms with Crippen LogP contribution in [-0.4, -0.2) is 21.5 Å². The van der Waals surface area contributed by atoms with Crippen LogP contribution >= 0.6 is 0 Å². The second-order valence-corrected chi connectivity index (χ2v) is 6.66. The highest BCUT2D eigenvalue weighted by atomic mass is 16.2. The average molecular weight is 329 g/mol. The number of rotatable bonds is 6. The van der Waals surface area contributed by atoms with Crippen molar-refractivity contribution in [3.05, 3.63) is 69.0 Å². The molecule has 2 aromatic rings. The molecule has 128 valence electrons. The summed E-state index contributed by atoms with van der Waals surface area (Å²) in [4.78, 5) is 36.9. The lowest BCUT2D eigenvalue weighted by atomic mass is 9.79. The van der Waals surface area contributed by atoms with Gasteiger partial charge in [-0.15, -0.1) is 0 Å². The van der Waals surface area contributed by atoms with E-state index in [1.807, 2.05) is 25.1 Å². The molecule has 1 amide bonds. The average Bonchev–Trinajstić information content (AvgIpc) is 2.50. The van der Waals surface area contributed by atoms with Gasteiger partial charge in [-0.05, 0) is 24.3 Å². The zero-order valence-electron chi connectivity index (χ0n) is 14.2. The number of H-pyrrole nitrogens is 1. The van der Waals surface area contributed by atoms with Gasteiger partial charge in [-0.2, -0.15) is 0 Å². The van der Waals surface area contributed by atoms with Crippen molar-refractivity contribution in [3.63, 3.8) is 0 Å². The molecule has 0 spiro atoms. The molecule has 1 aromatic heterocycles. The lowest BCUT2D eigenvalue weighted by Crippen LogP contribution is -2.41. The van der Waals surface area contributed by atoms with E-state index in [0.29, 0.717) is 0 Å². The Morgan fingerprint density at radius 2 is 1.88 bits per heavy atom. The number of aromatic nitrogens is 2. The summed E-state index contributed by atoms with van der Waals surface area (Å²) < 4.78 is 1.17. The Hall–Kier alpha value is -2.63. The van der Waals surface area contributed by atoms with Gasteiger partial charge >= 0.3 is 5.69 Å². The molecule has 0 fully saturated rings. The van der Waals surface area contributed by atoms with E-state index < -0.39 is 11.2 Å². The maximum atomic E-state index is 12.1. The van der Waals surface area contributed by atoms with Gasteiger partial charge in [0.1, 0.15) is 6.54 Å². The number of benzene rings is 1. The quantitative estimate of drug-likeness (QED) is 0.840. The van der Waals surface area contributed by atoms with Crippen molar-refractivity contribution in [1.29, 1.82) is 0 Å². The Kier molecular flexibility index (Phi) is 5.39. The van der Waals surface area contributed by atoms with E-state index in [-0.39, 0.29) is 23.9 Å². The molecule has 1 heterocycles. The summed E-state index contributed by atoms with van der Waals surface area (Å²) in [5, 5.41) is 2.91. The fourth-order valence-corrected chi connectivity index (χ4v) is 2.87. The first-order valence-electron chi connectivity index (χ1n) is 7.92. The number of carbonyl (C=O) groups excluding carboxylic acids is 1. The second kappa shape index (κ2) is 7.29. The number of carbonyl (C=O) groups is 1. The van der Waals surface area contributed by atoms with Gasteiger partial charge in [0.2, 0.25) is 5.91 Å². The number of hydrogen-bond donors (Lipinski definition) is 2. The standard InChI is InChI=1S/C18H23N3O3/c1-13(11-18(2,3)14-7-5-4-6-8-14)19-16(23)12-21-10-9-15(22)20-17(21)24/h4-10,13H,11-12H2,1-3H3,(H,19,23)(H,20,22,24)/t13-/m1/s1. The summed E-state index contributed by atoms with van der Waals surface area (Å²) in [6.07, 6.45) is 2.09. The smallest absolute Gasteiger partial charge is 0.328 e. The third kappa shape index (κ3) is 4.68. The molecule has 2 N–H and O–H groups in total. The van der Waals surface area contributed by atoms with Crippen LogP contribution in [0, 0.1) is 0 Å². The van der Waals surface area contributed by atoms with Crippen molar-refractivity contribution in [2.45, 2.75) is 45.2 Å². The molecule has 24 heavy (non-hydrogen) atoms. The van der Waals surface area contributed by atoms with Crippen LogP contribution in [0.2, 0.25) is 0 Å². The fourth-order valence-electron chi connectivity index (χ4n) is 2.87. The van der Waals surface area contributed by atoms with E-state index >= 15 is 0 Å². The van der Waals surface area contributed by atoms with E-state index in [9.17, 15) is 14.4 Å². The number of amides is 1. The SMILES string of the molecule is C[C@H](CC(C)(C)c1ccccc1)NC(=O)Cn1ccc(=O)[nH]c1=O. The summed E-state index contributed by atoms with van der Waals surface area (Å²) in [7, 11) is 0. The molecule has 0 aliphatic carbocycles. The van der Waals surface area contributed by atoms with Gasteiger partial charge in [0.05, 0.1) is 0 Å². The van der Waals surface area contributed by atoms with Crippen LogP contribution in [0.3, 0.4) is 0 Å². The second-order valence-electron chi connectivity index (χ2n) is 6.66. The van der Waals surface area contributed by atoms with Crippen LogP contribution in [0.5, 0.6) is 0 Å². The minimum Gasteiger partial charge on any atom is -0.352 e. The molecule has 0 radical (unpaired) electrons. The van der Waals surface area contributed by atoms with Crippen LogP contribution in [-0.2, 0) is 16.8 Å². The Morgan fingerprint density at radius 1 is 1.21 bits per heavy atom. The summed E-state index contributed by atoms with van der Waals surface area (Å²) >= 11 is 0.